The molecule has 3 aromatic carbocycles. The van der Waals surface area contributed by atoms with Gasteiger partial charge in [-0.05, 0) is 55.2 Å². The Labute approximate surface area is 233 Å². The maximum Gasteiger partial charge on any atom is 0.335 e. The highest BCUT2D eigenvalue weighted by atomic mass is 16.5. The number of nitrogens with zero attached hydrogens (tertiary/aromatic N) is 2. The van der Waals surface area contributed by atoms with Crippen LogP contribution < -0.4 is 14.8 Å². The van der Waals surface area contributed by atoms with Crippen molar-refractivity contribution in [2.75, 3.05) is 19.8 Å². The molecule has 1 aromatic heterocycles. The Kier molecular flexibility index (Phi) is 8.26. The lowest BCUT2D eigenvalue weighted by atomic mass is 9.95. The number of ether oxygens (including phenoxy) is 2. The maximum atomic E-state index is 13.3. The number of ketones is 1. The van der Waals surface area contributed by atoms with E-state index < -0.39 is 12.0 Å². The minimum absolute atomic E-state index is 0.0995. The van der Waals surface area contributed by atoms with Gasteiger partial charge in [-0.1, -0.05) is 42.5 Å². The third-order valence-corrected chi connectivity index (χ3v) is 7.22. The van der Waals surface area contributed by atoms with E-state index in [1.807, 2.05) is 49.5 Å². The van der Waals surface area contributed by atoms with E-state index in [1.165, 1.54) is 5.56 Å². The van der Waals surface area contributed by atoms with Crippen LogP contribution in [-0.2, 0) is 11.3 Å². The zero-order chi connectivity index (χ0) is 28.1. The van der Waals surface area contributed by atoms with Crippen molar-refractivity contribution in [1.82, 2.24) is 15.1 Å². The molecule has 1 unspecified atom stereocenters. The number of carbonyl (C=O) groups is 2. The van der Waals surface area contributed by atoms with Gasteiger partial charge in [-0.2, -0.15) is 5.10 Å². The smallest absolute Gasteiger partial charge is 0.335 e. The van der Waals surface area contributed by atoms with E-state index in [2.05, 4.69) is 23.4 Å². The van der Waals surface area contributed by atoms with E-state index in [0.29, 0.717) is 44.9 Å². The van der Waals surface area contributed by atoms with Crippen molar-refractivity contribution < 1.29 is 24.2 Å². The summed E-state index contributed by atoms with van der Waals surface area (Å²) in [6.07, 6.45) is 4.68. The molecule has 0 fully saturated rings. The quantitative estimate of drug-likeness (QED) is 0.261. The normalized spacial score (nSPS) is 14.6. The number of carboxylic acid groups (broad SMARTS) is 1. The summed E-state index contributed by atoms with van der Waals surface area (Å²) < 4.78 is 13.9. The standard InChI is InChI=1S/C32H33N3O5/c1-21-7-3-13-29(22(21)2)39-15-6-12-28(36)30-27-11-5-10-26(31(27)40-16-14-33-30)25-18-34-35(20-25)19-23-8-4-9-24(17-23)32(37)38/h3-5,7-11,13,17-18,20,30,33H,6,12,14-16,19H2,1-2H3,(H,37,38). The highest BCUT2D eigenvalue weighted by Gasteiger charge is 2.27. The van der Waals surface area contributed by atoms with Crippen LogP contribution in [0.1, 0.15) is 51.5 Å². The van der Waals surface area contributed by atoms with Gasteiger partial charge in [-0.25, -0.2) is 4.79 Å². The van der Waals surface area contributed by atoms with Crippen LogP contribution in [0.4, 0.5) is 0 Å². The van der Waals surface area contributed by atoms with Crippen molar-refractivity contribution >= 4 is 11.8 Å². The molecule has 0 aliphatic carbocycles. The monoisotopic (exact) mass is 539 g/mol. The van der Waals surface area contributed by atoms with Crippen molar-refractivity contribution in [3.63, 3.8) is 0 Å². The second kappa shape index (κ2) is 12.2. The third-order valence-electron chi connectivity index (χ3n) is 7.22. The van der Waals surface area contributed by atoms with E-state index in [1.54, 1.807) is 29.1 Å². The number of hydrogen-bond donors (Lipinski definition) is 2. The summed E-state index contributed by atoms with van der Waals surface area (Å²) in [7, 11) is 0. The summed E-state index contributed by atoms with van der Waals surface area (Å²) in [5.74, 6) is 0.685. The Morgan fingerprint density at radius 1 is 1.12 bits per heavy atom. The molecule has 0 spiro atoms. The molecule has 206 valence electrons. The number of aromatic carboxylic acids is 1. The minimum atomic E-state index is -0.959. The molecule has 8 heteroatoms. The molecule has 2 heterocycles. The van der Waals surface area contributed by atoms with Crippen LogP contribution in [0.3, 0.4) is 0 Å². The van der Waals surface area contributed by atoms with Crippen LogP contribution in [0.2, 0.25) is 0 Å². The van der Waals surface area contributed by atoms with Gasteiger partial charge in [0.2, 0.25) is 0 Å². The predicted molar refractivity (Wildman–Crippen MR) is 152 cm³/mol. The lowest BCUT2D eigenvalue weighted by Gasteiger charge is -2.18. The number of para-hydroxylation sites is 1. The van der Waals surface area contributed by atoms with E-state index >= 15 is 0 Å². The van der Waals surface area contributed by atoms with Crippen LogP contribution >= 0.6 is 0 Å². The topological polar surface area (TPSA) is 103 Å². The summed E-state index contributed by atoms with van der Waals surface area (Å²) in [6, 6.07) is 18.2. The Hall–Kier alpha value is -4.43. The molecular formula is C32H33N3O5. The number of rotatable bonds is 10. The van der Waals surface area contributed by atoms with Gasteiger partial charge in [0.05, 0.1) is 31.0 Å². The predicted octanol–water partition coefficient (Wildman–Crippen LogP) is 5.36. The SMILES string of the molecule is Cc1cccc(OCCCC(=O)C2NCCOc3c(-c4cnn(Cc5cccc(C(=O)O)c5)c4)cccc32)c1C. The molecule has 0 amide bonds. The molecule has 1 atom stereocenters. The summed E-state index contributed by atoms with van der Waals surface area (Å²) in [6.45, 7) is 6.01. The Morgan fingerprint density at radius 2 is 1.95 bits per heavy atom. The van der Waals surface area contributed by atoms with Gasteiger partial charge in [0, 0.05) is 35.9 Å². The average molecular weight is 540 g/mol. The van der Waals surface area contributed by atoms with Gasteiger partial charge in [-0.3, -0.25) is 9.48 Å². The Morgan fingerprint density at radius 3 is 2.80 bits per heavy atom. The van der Waals surface area contributed by atoms with Crippen molar-refractivity contribution in [3.05, 3.63) is 101 Å². The fourth-order valence-corrected chi connectivity index (χ4v) is 4.96. The molecule has 0 saturated carbocycles. The molecule has 2 N–H and O–H groups in total. The number of aromatic nitrogens is 2. The molecule has 1 aliphatic heterocycles. The second-order valence-corrected chi connectivity index (χ2v) is 10.0. The maximum absolute atomic E-state index is 13.3. The number of fused-ring (bicyclic) bond motifs is 1. The van der Waals surface area contributed by atoms with Crippen molar-refractivity contribution in [2.45, 2.75) is 39.3 Å². The van der Waals surface area contributed by atoms with Crippen molar-refractivity contribution in [3.8, 4) is 22.6 Å². The highest BCUT2D eigenvalue weighted by molar-refractivity contribution is 5.88. The molecule has 40 heavy (non-hydrogen) atoms. The lowest BCUT2D eigenvalue weighted by molar-refractivity contribution is -0.121. The molecule has 5 rings (SSSR count). The van der Waals surface area contributed by atoms with Crippen molar-refractivity contribution in [2.24, 2.45) is 0 Å². The molecule has 0 radical (unpaired) electrons. The first-order valence-electron chi connectivity index (χ1n) is 13.5. The number of Topliss-reactive ketones (excluding diaryl/α,β-unsaturated/α-hetero) is 1. The first kappa shape index (κ1) is 27.1. The van der Waals surface area contributed by atoms with Crippen LogP contribution in [0.15, 0.2) is 73.1 Å². The van der Waals surface area contributed by atoms with Gasteiger partial charge in [-0.15, -0.1) is 0 Å². The van der Waals surface area contributed by atoms with E-state index in [-0.39, 0.29) is 11.3 Å². The first-order valence-corrected chi connectivity index (χ1v) is 13.5. The number of carbonyl (C=O) groups excluding carboxylic acids is 1. The number of benzene rings is 3. The summed E-state index contributed by atoms with van der Waals surface area (Å²) in [5.41, 5.74) is 5.93. The highest BCUT2D eigenvalue weighted by Crippen LogP contribution is 2.38. The first-order chi connectivity index (χ1) is 19.4. The summed E-state index contributed by atoms with van der Waals surface area (Å²) >= 11 is 0. The van der Waals surface area contributed by atoms with Crippen LogP contribution in [0.25, 0.3) is 11.1 Å². The van der Waals surface area contributed by atoms with Gasteiger partial charge in [0.15, 0.2) is 5.78 Å². The minimum Gasteiger partial charge on any atom is -0.493 e. The Balaban J connectivity index is 1.29. The summed E-state index contributed by atoms with van der Waals surface area (Å²) in [5, 5.41) is 17.1. The largest absolute Gasteiger partial charge is 0.493 e. The fraction of sp³-hybridized carbons (Fsp3) is 0.281. The van der Waals surface area contributed by atoms with Crippen molar-refractivity contribution in [1.29, 1.82) is 0 Å². The van der Waals surface area contributed by atoms with Gasteiger partial charge in [0.1, 0.15) is 18.1 Å². The molecule has 0 bridgehead atoms. The zero-order valence-electron chi connectivity index (χ0n) is 22.7. The number of nitrogens with one attached hydrogen (secondary N) is 1. The zero-order valence-corrected chi connectivity index (χ0v) is 22.7. The van der Waals surface area contributed by atoms with Crippen LogP contribution in [-0.4, -0.2) is 46.4 Å². The van der Waals surface area contributed by atoms with E-state index in [4.69, 9.17) is 9.47 Å². The van der Waals surface area contributed by atoms with Gasteiger partial charge in [0.25, 0.3) is 0 Å². The van der Waals surface area contributed by atoms with Crippen LogP contribution in [0, 0.1) is 13.8 Å². The van der Waals surface area contributed by atoms with Gasteiger partial charge >= 0.3 is 5.97 Å². The fourth-order valence-electron chi connectivity index (χ4n) is 4.96. The molecule has 0 saturated heterocycles. The number of carboxylic acids is 1. The number of hydrogen-bond acceptors (Lipinski definition) is 6. The molecule has 8 nitrogen and oxygen atoms in total. The Bertz CT molecular complexity index is 1530. The molecule has 4 aromatic rings. The average Bonchev–Trinajstić information content (AvgIpc) is 3.30. The van der Waals surface area contributed by atoms with Gasteiger partial charge < -0.3 is 19.9 Å². The number of aryl methyl sites for hydroxylation is 1. The van der Waals surface area contributed by atoms with E-state index in [9.17, 15) is 14.7 Å². The molecule has 1 aliphatic rings. The lowest BCUT2D eigenvalue weighted by Crippen LogP contribution is -2.29. The molecular weight excluding hydrogens is 506 g/mol. The second-order valence-electron chi connectivity index (χ2n) is 10.0. The third kappa shape index (κ3) is 6.07. The van der Waals surface area contributed by atoms with Crippen LogP contribution in [0.5, 0.6) is 11.5 Å². The van der Waals surface area contributed by atoms with E-state index in [0.717, 1.165) is 33.6 Å². The summed E-state index contributed by atoms with van der Waals surface area (Å²) in [4.78, 5) is 24.7.